The van der Waals surface area contributed by atoms with Gasteiger partial charge in [-0.25, -0.2) is 9.97 Å². The molecule has 0 unspecified atom stereocenters. The van der Waals surface area contributed by atoms with Crippen molar-refractivity contribution in [1.29, 1.82) is 0 Å². The summed E-state index contributed by atoms with van der Waals surface area (Å²) in [6.45, 7) is 4.35. The number of nitrogens with zero attached hydrogens (tertiary/aromatic N) is 2. The molecule has 0 aliphatic carbocycles. The molecule has 0 N–H and O–H groups in total. The second kappa shape index (κ2) is 5.74. The Morgan fingerprint density at radius 3 is 2.38 bits per heavy atom. The van der Waals surface area contributed by atoms with Gasteiger partial charge in [0, 0.05) is 15.4 Å². The maximum absolute atomic E-state index is 6.28. The van der Waals surface area contributed by atoms with Gasteiger partial charge in [-0.2, -0.15) is 0 Å². The second-order valence-corrected chi connectivity index (χ2v) is 6.55. The molecule has 0 aliphatic heterocycles. The third-order valence-corrected chi connectivity index (χ3v) is 4.23. The van der Waals surface area contributed by atoms with E-state index in [-0.39, 0.29) is 0 Å². The average molecular weight is 362 g/mol. The third kappa shape index (κ3) is 2.94. The standard InChI is InChI=1S/C17H14BrClN2/c1-10(2)11-3-5-12(6-4-11)17-20-15-9-13(18)7-8-14(15)16(19)21-17/h3-10H,1-2H3. The first kappa shape index (κ1) is 14.5. The van der Waals surface area contributed by atoms with Gasteiger partial charge in [-0.15, -0.1) is 0 Å². The number of halogens is 2. The van der Waals surface area contributed by atoms with Crippen molar-refractivity contribution >= 4 is 38.4 Å². The van der Waals surface area contributed by atoms with Gasteiger partial charge in [-0.05, 0) is 29.7 Å². The molecule has 4 heteroatoms. The van der Waals surface area contributed by atoms with Crippen LogP contribution in [0.1, 0.15) is 25.3 Å². The summed E-state index contributed by atoms with van der Waals surface area (Å²) in [5.41, 5.74) is 3.11. The van der Waals surface area contributed by atoms with E-state index in [1.54, 1.807) is 0 Å². The highest BCUT2D eigenvalue weighted by Crippen LogP contribution is 2.27. The summed E-state index contributed by atoms with van der Waals surface area (Å²) in [6, 6.07) is 14.1. The van der Waals surface area contributed by atoms with Gasteiger partial charge in [-0.3, -0.25) is 0 Å². The van der Waals surface area contributed by atoms with Crippen molar-refractivity contribution < 1.29 is 0 Å². The lowest BCUT2D eigenvalue weighted by Gasteiger charge is -2.08. The zero-order valence-electron chi connectivity index (χ0n) is 11.8. The normalized spacial score (nSPS) is 11.3. The van der Waals surface area contributed by atoms with Crippen LogP contribution in [0.15, 0.2) is 46.9 Å². The number of hydrogen-bond donors (Lipinski definition) is 0. The van der Waals surface area contributed by atoms with E-state index < -0.39 is 0 Å². The molecule has 0 saturated heterocycles. The Morgan fingerprint density at radius 1 is 1.00 bits per heavy atom. The maximum atomic E-state index is 6.28. The number of fused-ring (bicyclic) bond motifs is 1. The van der Waals surface area contributed by atoms with E-state index in [0.29, 0.717) is 16.9 Å². The van der Waals surface area contributed by atoms with Crippen LogP contribution >= 0.6 is 27.5 Å². The Labute approximate surface area is 137 Å². The van der Waals surface area contributed by atoms with Crippen LogP contribution in [0.5, 0.6) is 0 Å². The molecule has 3 rings (SSSR count). The van der Waals surface area contributed by atoms with E-state index in [2.05, 4.69) is 51.9 Å². The first-order chi connectivity index (χ1) is 10.0. The lowest BCUT2D eigenvalue weighted by atomic mass is 10.0. The summed E-state index contributed by atoms with van der Waals surface area (Å²) in [6.07, 6.45) is 0. The molecular weight excluding hydrogens is 348 g/mol. The second-order valence-electron chi connectivity index (χ2n) is 5.28. The van der Waals surface area contributed by atoms with Crippen molar-refractivity contribution in [3.63, 3.8) is 0 Å². The van der Waals surface area contributed by atoms with Crippen molar-refractivity contribution in [3.8, 4) is 11.4 Å². The smallest absolute Gasteiger partial charge is 0.161 e. The van der Waals surface area contributed by atoms with Crippen molar-refractivity contribution in [2.45, 2.75) is 19.8 Å². The van der Waals surface area contributed by atoms with Crippen molar-refractivity contribution in [1.82, 2.24) is 9.97 Å². The number of hydrogen-bond acceptors (Lipinski definition) is 2. The zero-order chi connectivity index (χ0) is 15.0. The zero-order valence-corrected chi connectivity index (χ0v) is 14.1. The molecule has 1 aromatic heterocycles. The van der Waals surface area contributed by atoms with E-state index in [4.69, 9.17) is 11.6 Å². The van der Waals surface area contributed by atoms with Crippen LogP contribution in [0.25, 0.3) is 22.3 Å². The van der Waals surface area contributed by atoms with Gasteiger partial charge in [0.2, 0.25) is 0 Å². The summed E-state index contributed by atoms with van der Waals surface area (Å²) in [5, 5.41) is 1.35. The van der Waals surface area contributed by atoms with Gasteiger partial charge in [0.25, 0.3) is 0 Å². The summed E-state index contributed by atoms with van der Waals surface area (Å²) >= 11 is 9.74. The van der Waals surface area contributed by atoms with Gasteiger partial charge < -0.3 is 0 Å². The molecule has 0 saturated carbocycles. The largest absolute Gasteiger partial charge is 0.228 e. The summed E-state index contributed by atoms with van der Waals surface area (Å²) in [4.78, 5) is 9.03. The first-order valence-electron chi connectivity index (χ1n) is 6.78. The van der Waals surface area contributed by atoms with E-state index in [9.17, 15) is 0 Å². The summed E-state index contributed by atoms with van der Waals surface area (Å²) in [5.74, 6) is 1.16. The minimum absolute atomic E-state index is 0.482. The Morgan fingerprint density at radius 2 is 1.71 bits per heavy atom. The van der Waals surface area contributed by atoms with Gasteiger partial charge in [0.1, 0.15) is 5.15 Å². The quantitative estimate of drug-likeness (QED) is 0.536. The molecule has 0 fully saturated rings. The molecule has 0 atom stereocenters. The molecule has 3 aromatic rings. The number of benzene rings is 2. The van der Waals surface area contributed by atoms with Gasteiger partial charge >= 0.3 is 0 Å². The Hall–Kier alpha value is -1.45. The fraction of sp³-hybridized carbons (Fsp3) is 0.176. The minimum Gasteiger partial charge on any atom is -0.228 e. The van der Waals surface area contributed by atoms with Crippen LogP contribution in [0.2, 0.25) is 5.15 Å². The molecule has 0 bridgehead atoms. The summed E-state index contributed by atoms with van der Waals surface area (Å²) < 4.78 is 0.978. The highest BCUT2D eigenvalue weighted by Gasteiger charge is 2.09. The van der Waals surface area contributed by atoms with Crippen molar-refractivity contribution in [2.24, 2.45) is 0 Å². The van der Waals surface area contributed by atoms with Crippen LogP contribution in [-0.2, 0) is 0 Å². The Bertz CT molecular complexity index is 798. The number of rotatable bonds is 2. The molecule has 2 nitrogen and oxygen atoms in total. The predicted molar refractivity (Wildman–Crippen MR) is 91.8 cm³/mol. The van der Waals surface area contributed by atoms with E-state index >= 15 is 0 Å². The van der Waals surface area contributed by atoms with Crippen LogP contribution < -0.4 is 0 Å². The SMILES string of the molecule is CC(C)c1ccc(-c2nc(Cl)c3ccc(Br)cc3n2)cc1. The van der Waals surface area contributed by atoms with Crippen molar-refractivity contribution in [3.05, 3.63) is 57.7 Å². The molecule has 106 valence electrons. The topological polar surface area (TPSA) is 25.8 Å². The third-order valence-electron chi connectivity index (χ3n) is 3.45. The van der Waals surface area contributed by atoms with Crippen LogP contribution in [0, 0.1) is 0 Å². The molecule has 0 amide bonds. The monoisotopic (exact) mass is 360 g/mol. The Balaban J connectivity index is 2.11. The number of aromatic nitrogens is 2. The fourth-order valence-electron chi connectivity index (χ4n) is 2.21. The van der Waals surface area contributed by atoms with E-state index in [1.165, 1.54) is 5.56 Å². The average Bonchev–Trinajstić information content (AvgIpc) is 2.46. The lowest BCUT2D eigenvalue weighted by molar-refractivity contribution is 0.867. The van der Waals surface area contributed by atoms with Crippen molar-refractivity contribution in [2.75, 3.05) is 0 Å². The molecule has 0 aliphatic rings. The molecule has 0 radical (unpaired) electrons. The van der Waals surface area contributed by atoms with Gasteiger partial charge in [0.05, 0.1) is 5.52 Å². The fourth-order valence-corrected chi connectivity index (χ4v) is 2.80. The van der Waals surface area contributed by atoms with Crippen LogP contribution in [0.3, 0.4) is 0 Å². The predicted octanol–water partition coefficient (Wildman–Crippen LogP) is 5.84. The highest BCUT2D eigenvalue weighted by atomic mass is 79.9. The van der Waals surface area contributed by atoms with E-state index in [1.807, 2.05) is 30.3 Å². The van der Waals surface area contributed by atoms with Crippen LogP contribution in [0.4, 0.5) is 0 Å². The molecule has 1 heterocycles. The molecule has 0 spiro atoms. The molecule has 2 aromatic carbocycles. The van der Waals surface area contributed by atoms with Crippen LogP contribution in [-0.4, -0.2) is 9.97 Å². The first-order valence-corrected chi connectivity index (χ1v) is 7.95. The minimum atomic E-state index is 0.482. The lowest BCUT2D eigenvalue weighted by Crippen LogP contribution is -1.93. The molecule has 21 heavy (non-hydrogen) atoms. The highest BCUT2D eigenvalue weighted by molar-refractivity contribution is 9.10. The maximum Gasteiger partial charge on any atom is 0.161 e. The van der Waals surface area contributed by atoms with Gasteiger partial charge in [-0.1, -0.05) is 65.6 Å². The van der Waals surface area contributed by atoms with E-state index in [0.717, 1.165) is 20.9 Å². The Kier molecular flexibility index (Phi) is 3.96. The molecular formula is C17H14BrClN2. The summed E-state index contributed by atoms with van der Waals surface area (Å²) in [7, 11) is 0. The van der Waals surface area contributed by atoms with Gasteiger partial charge in [0.15, 0.2) is 5.82 Å².